The largest absolute Gasteiger partial charge is 0.374 e. The van der Waals surface area contributed by atoms with Crippen LogP contribution in [-0.2, 0) is 12.8 Å². The Hall–Kier alpha value is -3.28. The average molecular weight is 379 g/mol. The van der Waals surface area contributed by atoms with E-state index in [0.717, 1.165) is 35.8 Å². The van der Waals surface area contributed by atoms with Crippen LogP contribution in [0, 0.1) is 11.6 Å². The summed E-state index contributed by atoms with van der Waals surface area (Å²) in [5, 5.41) is 2.83. The third-order valence-electron chi connectivity index (χ3n) is 4.90. The fraction of sp³-hybridized carbons (Fsp3) is 0.182. The molecule has 0 saturated carbocycles. The van der Waals surface area contributed by atoms with Gasteiger partial charge in [0.05, 0.1) is 0 Å². The normalized spacial score (nSPS) is 12.8. The van der Waals surface area contributed by atoms with Crippen LogP contribution in [0.2, 0.25) is 0 Å². The van der Waals surface area contributed by atoms with E-state index in [1.807, 2.05) is 25.2 Å². The Bertz CT molecular complexity index is 1030. The molecule has 4 rings (SSSR count). The SMILES string of the molecule is CN1CCc2c(C(=O)Nc3cc(Cc4cc(F)cc(F)c4)ccn3)cccc21. The molecule has 2 aromatic carbocycles. The van der Waals surface area contributed by atoms with Crippen LogP contribution in [0.5, 0.6) is 0 Å². The van der Waals surface area contributed by atoms with Gasteiger partial charge in [-0.05, 0) is 65.9 Å². The van der Waals surface area contributed by atoms with Crippen molar-refractivity contribution in [3.8, 4) is 0 Å². The summed E-state index contributed by atoms with van der Waals surface area (Å²) in [4.78, 5) is 19.1. The lowest BCUT2D eigenvalue weighted by molar-refractivity contribution is 0.102. The minimum Gasteiger partial charge on any atom is -0.374 e. The van der Waals surface area contributed by atoms with Crippen LogP contribution in [-0.4, -0.2) is 24.5 Å². The van der Waals surface area contributed by atoms with Crippen molar-refractivity contribution in [3.05, 3.63) is 88.6 Å². The zero-order valence-electron chi connectivity index (χ0n) is 15.4. The maximum absolute atomic E-state index is 13.4. The molecular weight excluding hydrogens is 360 g/mol. The standard InChI is InChI=1S/C22H19F2N3O/c1-27-8-6-18-19(3-2-4-20(18)27)22(28)26-21-12-14(5-7-25-21)9-15-10-16(23)13-17(24)11-15/h2-5,7,10-13H,6,8-9H2,1H3,(H,25,26,28). The number of benzene rings is 2. The highest BCUT2D eigenvalue weighted by Crippen LogP contribution is 2.29. The summed E-state index contributed by atoms with van der Waals surface area (Å²) >= 11 is 0. The van der Waals surface area contributed by atoms with Crippen molar-refractivity contribution in [1.29, 1.82) is 0 Å². The van der Waals surface area contributed by atoms with Crippen molar-refractivity contribution >= 4 is 17.4 Å². The van der Waals surface area contributed by atoms with Gasteiger partial charge in [-0.25, -0.2) is 13.8 Å². The van der Waals surface area contributed by atoms with E-state index >= 15 is 0 Å². The number of likely N-dealkylation sites (N-methyl/N-ethyl adjacent to an activating group) is 1. The van der Waals surface area contributed by atoms with Gasteiger partial charge < -0.3 is 10.2 Å². The van der Waals surface area contributed by atoms with Gasteiger partial charge in [-0.3, -0.25) is 4.79 Å². The van der Waals surface area contributed by atoms with Crippen molar-refractivity contribution in [2.75, 3.05) is 23.8 Å². The molecule has 0 bridgehead atoms. The van der Waals surface area contributed by atoms with Crippen LogP contribution in [0.15, 0.2) is 54.7 Å². The molecule has 0 atom stereocenters. The second-order valence-electron chi connectivity index (χ2n) is 6.93. The van der Waals surface area contributed by atoms with Gasteiger partial charge in [-0.15, -0.1) is 0 Å². The lowest BCUT2D eigenvalue weighted by atomic mass is 10.0. The summed E-state index contributed by atoms with van der Waals surface area (Å²) in [5.41, 5.74) is 4.07. The number of fused-ring (bicyclic) bond motifs is 1. The minimum absolute atomic E-state index is 0.214. The van der Waals surface area contributed by atoms with Crippen LogP contribution in [0.3, 0.4) is 0 Å². The first-order valence-corrected chi connectivity index (χ1v) is 9.04. The third kappa shape index (κ3) is 3.71. The molecule has 1 aromatic heterocycles. The summed E-state index contributed by atoms with van der Waals surface area (Å²) in [5.74, 6) is -1.03. The van der Waals surface area contributed by atoms with Gasteiger partial charge in [0.15, 0.2) is 0 Å². The molecule has 1 N–H and O–H groups in total. The molecule has 0 unspecified atom stereocenters. The topological polar surface area (TPSA) is 45.2 Å². The third-order valence-corrected chi connectivity index (χ3v) is 4.90. The Kier molecular flexibility index (Phi) is 4.77. The van der Waals surface area contributed by atoms with E-state index in [-0.39, 0.29) is 5.91 Å². The number of hydrogen-bond acceptors (Lipinski definition) is 3. The Labute approximate surface area is 161 Å². The monoisotopic (exact) mass is 379 g/mol. The smallest absolute Gasteiger partial charge is 0.257 e. The molecule has 6 heteroatoms. The highest BCUT2D eigenvalue weighted by molar-refractivity contribution is 6.06. The number of pyridine rings is 1. The predicted octanol–water partition coefficient (Wildman–Crippen LogP) is 4.20. The number of anilines is 2. The van der Waals surface area contributed by atoms with Crippen molar-refractivity contribution in [2.45, 2.75) is 12.8 Å². The Morgan fingerprint density at radius 2 is 1.89 bits per heavy atom. The molecule has 0 radical (unpaired) electrons. The maximum Gasteiger partial charge on any atom is 0.257 e. The number of carbonyl (C=O) groups excluding carboxylic acids is 1. The van der Waals surface area contributed by atoms with Crippen molar-refractivity contribution in [2.24, 2.45) is 0 Å². The number of hydrogen-bond donors (Lipinski definition) is 1. The van der Waals surface area contributed by atoms with E-state index in [2.05, 4.69) is 15.2 Å². The molecule has 3 aromatic rings. The van der Waals surface area contributed by atoms with Gasteiger partial charge in [0.25, 0.3) is 5.91 Å². The summed E-state index contributed by atoms with van der Waals surface area (Å²) in [6, 6.07) is 12.6. The van der Waals surface area contributed by atoms with Crippen molar-refractivity contribution in [1.82, 2.24) is 4.98 Å². The van der Waals surface area contributed by atoms with Gasteiger partial charge in [-0.1, -0.05) is 6.07 Å². The lowest BCUT2D eigenvalue weighted by Gasteiger charge is -2.13. The zero-order chi connectivity index (χ0) is 19.7. The van der Waals surface area contributed by atoms with Crippen molar-refractivity contribution < 1.29 is 13.6 Å². The summed E-state index contributed by atoms with van der Waals surface area (Å²) in [6.45, 7) is 0.886. The average Bonchev–Trinajstić information content (AvgIpc) is 3.02. The Morgan fingerprint density at radius 3 is 2.68 bits per heavy atom. The number of carbonyl (C=O) groups is 1. The quantitative estimate of drug-likeness (QED) is 0.739. The van der Waals surface area contributed by atoms with Gasteiger partial charge in [-0.2, -0.15) is 0 Å². The van der Waals surface area contributed by atoms with Crippen LogP contribution in [0.1, 0.15) is 27.0 Å². The molecule has 1 amide bonds. The number of aromatic nitrogens is 1. The van der Waals surface area contributed by atoms with E-state index in [1.165, 1.54) is 12.1 Å². The first-order valence-electron chi connectivity index (χ1n) is 9.04. The Morgan fingerprint density at radius 1 is 1.11 bits per heavy atom. The molecule has 0 spiro atoms. The lowest BCUT2D eigenvalue weighted by Crippen LogP contribution is -2.15. The van der Waals surface area contributed by atoms with E-state index < -0.39 is 11.6 Å². The highest BCUT2D eigenvalue weighted by atomic mass is 19.1. The maximum atomic E-state index is 13.4. The Balaban J connectivity index is 1.53. The number of halogens is 2. The number of nitrogens with one attached hydrogen (secondary N) is 1. The second-order valence-corrected chi connectivity index (χ2v) is 6.93. The van der Waals surface area contributed by atoms with E-state index in [4.69, 9.17) is 0 Å². The number of nitrogens with zero attached hydrogens (tertiary/aromatic N) is 2. The first-order chi connectivity index (χ1) is 13.5. The van der Waals surface area contributed by atoms with Crippen LogP contribution < -0.4 is 10.2 Å². The molecular formula is C22H19F2N3O. The molecule has 2 heterocycles. The summed E-state index contributed by atoms with van der Waals surface area (Å²) in [6.07, 6.45) is 2.74. The van der Waals surface area contributed by atoms with E-state index in [0.29, 0.717) is 23.4 Å². The van der Waals surface area contributed by atoms with Gasteiger partial charge in [0.2, 0.25) is 0 Å². The first kappa shape index (κ1) is 18.1. The van der Waals surface area contributed by atoms with Gasteiger partial charge in [0.1, 0.15) is 17.5 Å². The molecule has 0 aliphatic carbocycles. The molecule has 1 aliphatic rings. The number of rotatable bonds is 4. The van der Waals surface area contributed by atoms with Crippen LogP contribution in [0.25, 0.3) is 0 Å². The fourth-order valence-electron chi connectivity index (χ4n) is 3.59. The van der Waals surface area contributed by atoms with E-state index in [9.17, 15) is 13.6 Å². The van der Waals surface area contributed by atoms with Crippen molar-refractivity contribution in [3.63, 3.8) is 0 Å². The van der Waals surface area contributed by atoms with Crippen LogP contribution >= 0.6 is 0 Å². The molecule has 1 aliphatic heterocycles. The van der Waals surface area contributed by atoms with Crippen LogP contribution in [0.4, 0.5) is 20.3 Å². The highest BCUT2D eigenvalue weighted by Gasteiger charge is 2.22. The molecule has 4 nitrogen and oxygen atoms in total. The second kappa shape index (κ2) is 7.38. The fourth-order valence-corrected chi connectivity index (χ4v) is 3.59. The number of amides is 1. The van der Waals surface area contributed by atoms with Gasteiger partial charge in [0, 0.05) is 37.1 Å². The molecule has 142 valence electrons. The van der Waals surface area contributed by atoms with E-state index in [1.54, 1.807) is 18.3 Å². The minimum atomic E-state index is -0.611. The molecule has 0 fully saturated rings. The van der Waals surface area contributed by atoms with Gasteiger partial charge >= 0.3 is 0 Å². The summed E-state index contributed by atoms with van der Waals surface area (Å²) < 4.78 is 26.8. The predicted molar refractivity (Wildman–Crippen MR) is 105 cm³/mol. The molecule has 28 heavy (non-hydrogen) atoms. The summed E-state index contributed by atoms with van der Waals surface area (Å²) in [7, 11) is 2.01. The zero-order valence-corrected chi connectivity index (χ0v) is 15.4. The molecule has 0 saturated heterocycles.